The zero-order valence-electron chi connectivity index (χ0n) is 24.9. The zero-order chi connectivity index (χ0) is 28.3. The lowest BCUT2D eigenvalue weighted by Crippen LogP contribution is -2.55. The summed E-state index contributed by atoms with van der Waals surface area (Å²) in [7, 11) is 13.0. The van der Waals surface area contributed by atoms with Gasteiger partial charge in [-0.3, -0.25) is 4.98 Å². The molecule has 0 radical (unpaired) electrons. The number of fused-ring (bicyclic) bond motifs is 3. The lowest BCUT2D eigenvalue weighted by atomic mass is 9.59. The second-order valence-corrected chi connectivity index (χ2v) is 12.0. The normalized spacial score (nSPS) is 14.1. The fourth-order valence-corrected chi connectivity index (χ4v) is 7.03. The molecule has 3 nitrogen and oxygen atoms in total. The number of benzene rings is 3. The van der Waals surface area contributed by atoms with Crippen LogP contribution in [0.25, 0.3) is 44.3 Å². The van der Waals surface area contributed by atoms with Gasteiger partial charge >= 0.3 is 0 Å². The van der Waals surface area contributed by atoms with Crippen LogP contribution >= 0.6 is 0 Å². The van der Waals surface area contributed by atoms with Crippen molar-refractivity contribution in [1.82, 2.24) is 4.98 Å². The maximum absolute atomic E-state index is 10.2. The molecule has 1 aliphatic rings. The Kier molecular flexibility index (Phi) is 6.78. The van der Waals surface area contributed by atoms with Crippen LogP contribution in [0.5, 0.6) is 0 Å². The van der Waals surface area contributed by atoms with Crippen molar-refractivity contribution in [2.24, 2.45) is 0 Å². The van der Waals surface area contributed by atoms with Gasteiger partial charge in [-0.25, -0.2) is 0 Å². The van der Waals surface area contributed by atoms with Gasteiger partial charge in [0.15, 0.2) is 7.85 Å². The van der Waals surface area contributed by atoms with Crippen LogP contribution in [0.2, 0.25) is 0 Å². The van der Waals surface area contributed by atoms with E-state index in [-0.39, 0.29) is 0 Å². The molecule has 0 aliphatic heterocycles. The molecular formula is C31H32B6N2O. The highest BCUT2D eigenvalue weighted by Gasteiger charge is 2.24. The minimum Gasteiger partial charge on any atom is -0.455 e. The molecule has 0 bridgehead atoms. The Bertz CT molecular complexity index is 1850. The maximum atomic E-state index is 10.2. The van der Waals surface area contributed by atoms with Gasteiger partial charge in [-0.15, -0.1) is 16.4 Å². The molecule has 1 saturated carbocycles. The van der Waals surface area contributed by atoms with Crippen molar-refractivity contribution in [3.8, 4) is 28.5 Å². The van der Waals surface area contributed by atoms with E-state index >= 15 is 0 Å². The fourth-order valence-electron chi connectivity index (χ4n) is 7.03. The number of furan rings is 1. The fraction of sp³-hybridized carbons (Fsp3) is 0.226. The Labute approximate surface area is 242 Å². The molecule has 9 heteroatoms. The molecule has 0 unspecified atom stereocenters. The third-order valence-corrected chi connectivity index (χ3v) is 9.70. The summed E-state index contributed by atoms with van der Waals surface area (Å²) in [5.74, 6) is 0.605. The van der Waals surface area contributed by atoms with Gasteiger partial charge in [-0.1, -0.05) is 42.3 Å². The van der Waals surface area contributed by atoms with Gasteiger partial charge in [-0.05, 0) is 72.2 Å². The van der Waals surface area contributed by atoms with Crippen LogP contribution in [0.15, 0.2) is 40.8 Å². The highest BCUT2D eigenvalue weighted by molar-refractivity contribution is 6.68. The van der Waals surface area contributed by atoms with E-state index in [2.05, 4.69) is 90.4 Å². The number of aromatic nitrogens is 1. The van der Waals surface area contributed by atoms with Crippen LogP contribution in [0, 0.1) is 18.3 Å². The van der Waals surface area contributed by atoms with E-state index < -0.39 is 0 Å². The predicted octanol–water partition coefficient (Wildman–Crippen LogP) is -1.91. The van der Waals surface area contributed by atoms with Crippen molar-refractivity contribution in [2.45, 2.75) is 44.9 Å². The molecule has 0 spiro atoms. The van der Waals surface area contributed by atoms with Gasteiger partial charge in [0.05, 0.1) is 17.3 Å². The maximum Gasteiger partial charge on any atom is 0.163 e. The summed E-state index contributed by atoms with van der Waals surface area (Å²) in [4.78, 5) is 5.04. The molecule has 2 aromatic heterocycles. The molecule has 40 heavy (non-hydrogen) atoms. The van der Waals surface area contributed by atoms with Crippen molar-refractivity contribution < 1.29 is 4.42 Å². The summed E-state index contributed by atoms with van der Waals surface area (Å²) in [5, 5.41) is 12.4. The Morgan fingerprint density at radius 2 is 1.35 bits per heavy atom. The third-order valence-electron chi connectivity index (χ3n) is 9.70. The van der Waals surface area contributed by atoms with Crippen LogP contribution in [-0.4, -0.2) is 52.1 Å². The molecule has 1 fully saturated rings. The predicted molar refractivity (Wildman–Crippen MR) is 187 cm³/mol. The molecule has 0 saturated heterocycles. The van der Waals surface area contributed by atoms with Crippen molar-refractivity contribution in [2.75, 3.05) is 0 Å². The first-order valence-electron chi connectivity index (χ1n) is 14.7. The number of hydrogen-bond donors (Lipinski definition) is 0. The largest absolute Gasteiger partial charge is 0.455 e. The van der Waals surface area contributed by atoms with Crippen LogP contribution in [0.3, 0.4) is 0 Å². The van der Waals surface area contributed by atoms with Gasteiger partial charge < -0.3 is 4.42 Å². The smallest absolute Gasteiger partial charge is 0.163 e. The summed E-state index contributed by atoms with van der Waals surface area (Å²) in [6, 6.07) is 15.4. The SMILES string of the molecule is Bc1cc(C2CCCCC2)cc(-c2c(C)ccc3c2oc2c(-c4c(B)c(B)c(B)c(B)c4B)c(C#N)ccc23)n1. The van der Waals surface area contributed by atoms with Crippen molar-refractivity contribution in [3.05, 3.63) is 53.1 Å². The first kappa shape index (κ1) is 26.7. The zero-order valence-corrected chi connectivity index (χ0v) is 24.9. The summed E-state index contributed by atoms with van der Waals surface area (Å²) in [5.41, 5.74) is 16.2. The molecular weight excluding hydrogens is 481 g/mol. The average molecular weight is 513 g/mol. The Balaban J connectivity index is 1.67. The number of aryl methyl sites for hydroxylation is 1. The number of rotatable bonds is 3. The lowest BCUT2D eigenvalue weighted by molar-refractivity contribution is 0.443. The van der Waals surface area contributed by atoms with E-state index in [9.17, 15) is 5.26 Å². The molecule has 3 aromatic carbocycles. The molecule has 190 valence electrons. The number of nitrogens with zero attached hydrogens (tertiary/aromatic N) is 2. The summed E-state index contributed by atoms with van der Waals surface area (Å²) < 4.78 is 6.90. The van der Waals surface area contributed by atoms with E-state index in [4.69, 9.17) is 9.40 Å². The van der Waals surface area contributed by atoms with E-state index in [1.165, 1.54) is 65.0 Å². The lowest BCUT2D eigenvalue weighted by Gasteiger charge is -2.23. The molecule has 2 heterocycles. The van der Waals surface area contributed by atoms with Gasteiger partial charge in [0.25, 0.3) is 0 Å². The molecule has 0 amide bonds. The quantitative estimate of drug-likeness (QED) is 0.265. The number of pyridine rings is 1. The average Bonchev–Trinajstić information content (AvgIpc) is 3.33. The summed E-state index contributed by atoms with van der Waals surface area (Å²) in [6.45, 7) is 2.15. The Morgan fingerprint density at radius 1 is 0.750 bits per heavy atom. The van der Waals surface area contributed by atoms with Crippen LogP contribution in [0.4, 0.5) is 0 Å². The second kappa shape index (κ2) is 10.2. The summed E-state index contributed by atoms with van der Waals surface area (Å²) in [6.07, 6.45) is 6.47. The van der Waals surface area contributed by atoms with E-state index in [1.54, 1.807) is 0 Å². The van der Waals surface area contributed by atoms with Crippen LogP contribution in [-0.2, 0) is 0 Å². The Hall–Kier alpha value is -3.51. The Morgan fingerprint density at radius 3 is 2.00 bits per heavy atom. The standard InChI is InChI=1S/C31H32B6N2O/c1-14-7-9-18-19-10-8-16(13-38)23(24-25(33)27(35)29(37)28(36)26(24)34)31(19)40-30(18)22(14)20-11-17(12-21(32)39-20)15-5-3-2-4-6-15/h7-12,15H,2-6,32-37H2,1H3. The highest BCUT2D eigenvalue weighted by Crippen LogP contribution is 2.42. The molecule has 1 aliphatic carbocycles. The van der Waals surface area contributed by atoms with Gasteiger partial charge in [0, 0.05) is 21.9 Å². The van der Waals surface area contributed by atoms with Gasteiger partial charge in [0.2, 0.25) is 0 Å². The molecule has 0 N–H and O–H groups in total. The minimum atomic E-state index is 0.605. The first-order valence-corrected chi connectivity index (χ1v) is 14.7. The van der Waals surface area contributed by atoms with Crippen molar-refractivity contribution in [1.29, 1.82) is 5.26 Å². The van der Waals surface area contributed by atoms with Gasteiger partial charge in [0.1, 0.15) is 50.4 Å². The highest BCUT2D eigenvalue weighted by atomic mass is 16.3. The summed E-state index contributed by atoms with van der Waals surface area (Å²) >= 11 is 0. The second-order valence-electron chi connectivity index (χ2n) is 12.0. The van der Waals surface area contributed by atoms with E-state index in [1.807, 2.05) is 6.07 Å². The molecule has 5 aromatic rings. The van der Waals surface area contributed by atoms with Gasteiger partial charge in [-0.2, -0.15) is 5.26 Å². The molecule has 6 rings (SSSR count). The topological polar surface area (TPSA) is 49.8 Å². The molecule has 0 atom stereocenters. The number of nitriles is 1. The van der Waals surface area contributed by atoms with E-state index in [0.29, 0.717) is 11.5 Å². The first-order chi connectivity index (χ1) is 19.2. The van der Waals surface area contributed by atoms with Crippen LogP contribution in [0.1, 0.15) is 54.7 Å². The minimum absolute atomic E-state index is 0.605. The monoisotopic (exact) mass is 514 g/mol. The van der Waals surface area contributed by atoms with Crippen molar-refractivity contribution in [3.63, 3.8) is 0 Å². The van der Waals surface area contributed by atoms with Crippen LogP contribution < -0.4 is 32.9 Å². The van der Waals surface area contributed by atoms with E-state index in [0.717, 1.165) is 55.5 Å². The third kappa shape index (κ3) is 4.15. The van der Waals surface area contributed by atoms with Crippen molar-refractivity contribution >= 4 is 102 Å². The number of hydrogen-bond acceptors (Lipinski definition) is 3.